The molecule has 0 aromatic carbocycles. The highest BCUT2D eigenvalue weighted by molar-refractivity contribution is 5.63. The first-order chi connectivity index (χ1) is 5.72. The molecule has 7 nitrogen and oxygen atoms in total. The van der Waals surface area contributed by atoms with Gasteiger partial charge in [0.2, 0.25) is 0 Å². The number of amides is 1. The zero-order valence-corrected chi connectivity index (χ0v) is 6.34. The van der Waals surface area contributed by atoms with Crippen molar-refractivity contribution in [1.29, 1.82) is 0 Å². The van der Waals surface area contributed by atoms with E-state index in [1.807, 2.05) is 0 Å². The van der Waals surface area contributed by atoms with E-state index in [9.17, 15) is 4.79 Å². The second kappa shape index (κ2) is 3.80. The van der Waals surface area contributed by atoms with Crippen molar-refractivity contribution in [3.63, 3.8) is 0 Å². The molecule has 0 aliphatic carbocycles. The van der Waals surface area contributed by atoms with E-state index in [4.69, 9.17) is 10.6 Å². The van der Waals surface area contributed by atoms with Gasteiger partial charge in [0, 0.05) is 18.0 Å². The Hall–Kier alpha value is -1.46. The molecule has 0 unspecified atom stereocenters. The minimum Gasteiger partial charge on any atom is -0.464 e. The molecule has 1 atom stereocenters. The van der Waals surface area contributed by atoms with Crippen LogP contribution in [0.3, 0.4) is 0 Å². The van der Waals surface area contributed by atoms with Crippen LogP contribution >= 0.6 is 0 Å². The molecule has 1 rings (SSSR count). The van der Waals surface area contributed by atoms with E-state index in [0.717, 1.165) is 0 Å². The van der Waals surface area contributed by atoms with E-state index in [1.165, 1.54) is 5.01 Å². The third-order valence-corrected chi connectivity index (χ3v) is 1.63. The molecule has 1 amide bonds. The summed E-state index contributed by atoms with van der Waals surface area (Å²) in [5, 5.41) is 13.3. The minimum absolute atomic E-state index is 0.109. The number of rotatable bonds is 2. The van der Waals surface area contributed by atoms with Crippen molar-refractivity contribution >= 4 is 6.09 Å². The predicted octanol–water partition coefficient (Wildman–Crippen LogP) is 0.554. The van der Waals surface area contributed by atoms with Crippen LogP contribution in [-0.4, -0.2) is 35.3 Å². The lowest BCUT2D eigenvalue weighted by Crippen LogP contribution is -2.39. The smallest absolute Gasteiger partial charge is 0.419 e. The highest BCUT2D eigenvalue weighted by Gasteiger charge is 2.22. The fourth-order valence-electron chi connectivity index (χ4n) is 1.15. The Balaban J connectivity index is 2.35. The quantitative estimate of drug-likeness (QED) is 0.360. The number of hydrogen-bond acceptors (Lipinski definition) is 3. The SMILES string of the molecule is [N-]=[N+]=N[C@H]1CCN(NC(=O)O)C1. The number of hydrazine groups is 1. The van der Waals surface area contributed by atoms with Crippen LogP contribution in [0.15, 0.2) is 5.11 Å². The summed E-state index contributed by atoms with van der Waals surface area (Å²) in [6.45, 7) is 1.05. The maximum absolute atomic E-state index is 10.2. The monoisotopic (exact) mass is 171 g/mol. The number of hydrogen-bond donors (Lipinski definition) is 2. The summed E-state index contributed by atoms with van der Waals surface area (Å²) in [4.78, 5) is 12.8. The number of carbonyl (C=O) groups is 1. The van der Waals surface area contributed by atoms with Gasteiger partial charge in [-0.3, -0.25) is 5.43 Å². The van der Waals surface area contributed by atoms with Gasteiger partial charge in [-0.2, -0.15) is 0 Å². The van der Waals surface area contributed by atoms with Crippen LogP contribution in [0, 0.1) is 0 Å². The molecule has 2 N–H and O–H groups in total. The third-order valence-electron chi connectivity index (χ3n) is 1.63. The second-order valence-corrected chi connectivity index (χ2v) is 2.51. The van der Waals surface area contributed by atoms with Gasteiger partial charge in [-0.15, -0.1) is 0 Å². The molecule has 0 radical (unpaired) electrons. The lowest BCUT2D eigenvalue weighted by molar-refractivity contribution is 0.153. The number of carboxylic acid groups (broad SMARTS) is 1. The molecule has 0 spiro atoms. The van der Waals surface area contributed by atoms with Gasteiger partial charge in [0.15, 0.2) is 0 Å². The number of nitrogens with one attached hydrogen (secondary N) is 1. The van der Waals surface area contributed by atoms with Gasteiger partial charge in [-0.1, -0.05) is 5.11 Å². The molecule has 0 aromatic heterocycles. The fourth-order valence-corrected chi connectivity index (χ4v) is 1.15. The highest BCUT2D eigenvalue weighted by Crippen LogP contribution is 2.09. The van der Waals surface area contributed by atoms with E-state index in [0.29, 0.717) is 19.5 Å². The molecule has 0 saturated carbocycles. The molecule has 0 bridgehead atoms. The van der Waals surface area contributed by atoms with Gasteiger partial charge in [-0.05, 0) is 12.0 Å². The van der Waals surface area contributed by atoms with E-state index in [1.54, 1.807) is 0 Å². The Labute approximate surface area is 68.6 Å². The first-order valence-electron chi connectivity index (χ1n) is 3.51. The topological polar surface area (TPSA) is 101 Å². The van der Waals surface area contributed by atoms with E-state index >= 15 is 0 Å². The van der Waals surface area contributed by atoms with Gasteiger partial charge in [0.05, 0.1) is 6.04 Å². The summed E-state index contributed by atoms with van der Waals surface area (Å²) in [5.74, 6) is 0. The Morgan fingerprint density at radius 1 is 1.83 bits per heavy atom. The van der Waals surface area contributed by atoms with Gasteiger partial charge in [-0.25, -0.2) is 9.80 Å². The number of azide groups is 1. The normalized spacial score (nSPS) is 23.2. The average Bonchev–Trinajstić information content (AvgIpc) is 2.36. The fraction of sp³-hybridized carbons (Fsp3) is 0.800. The van der Waals surface area contributed by atoms with E-state index in [2.05, 4.69) is 15.5 Å². The Bertz CT molecular complexity index is 224. The van der Waals surface area contributed by atoms with Crippen molar-refractivity contribution in [1.82, 2.24) is 10.4 Å². The molecular weight excluding hydrogens is 162 g/mol. The highest BCUT2D eigenvalue weighted by atomic mass is 16.4. The number of nitrogens with zero attached hydrogens (tertiary/aromatic N) is 4. The maximum Gasteiger partial charge on any atom is 0.419 e. The molecule has 1 saturated heterocycles. The van der Waals surface area contributed by atoms with Crippen LogP contribution in [0.2, 0.25) is 0 Å². The first-order valence-corrected chi connectivity index (χ1v) is 3.51. The second-order valence-electron chi connectivity index (χ2n) is 2.51. The standard InChI is InChI=1S/C5H9N5O2/c6-9-7-4-1-2-10(3-4)8-5(11)12/h4,8H,1-3H2,(H,11,12)/t4-/m0/s1. The van der Waals surface area contributed by atoms with Crippen LogP contribution in [-0.2, 0) is 0 Å². The van der Waals surface area contributed by atoms with Crippen LogP contribution in [0.4, 0.5) is 4.79 Å². The molecule has 1 fully saturated rings. The lowest BCUT2D eigenvalue weighted by atomic mass is 10.3. The molecule has 7 heteroatoms. The molecule has 1 aliphatic heterocycles. The summed E-state index contributed by atoms with van der Waals surface area (Å²) in [7, 11) is 0. The summed E-state index contributed by atoms with van der Waals surface area (Å²) >= 11 is 0. The summed E-state index contributed by atoms with van der Waals surface area (Å²) < 4.78 is 0. The van der Waals surface area contributed by atoms with Crippen LogP contribution < -0.4 is 5.43 Å². The van der Waals surface area contributed by atoms with Gasteiger partial charge < -0.3 is 5.11 Å². The van der Waals surface area contributed by atoms with E-state index < -0.39 is 6.09 Å². The van der Waals surface area contributed by atoms with Crippen LogP contribution in [0.1, 0.15) is 6.42 Å². The van der Waals surface area contributed by atoms with Gasteiger partial charge in [0.1, 0.15) is 0 Å². The van der Waals surface area contributed by atoms with Gasteiger partial charge in [0.25, 0.3) is 0 Å². The zero-order valence-electron chi connectivity index (χ0n) is 6.34. The van der Waals surface area contributed by atoms with Crippen molar-refractivity contribution in [3.8, 4) is 0 Å². The summed E-state index contributed by atoms with van der Waals surface area (Å²) in [6.07, 6.45) is -0.388. The largest absolute Gasteiger partial charge is 0.464 e. The van der Waals surface area contributed by atoms with Crippen molar-refractivity contribution in [2.45, 2.75) is 12.5 Å². The lowest BCUT2D eigenvalue weighted by Gasteiger charge is -2.12. The van der Waals surface area contributed by atoms with Crippen LogP contribution in [0.5, 0.6) is 0 Å². The summed E-state index contributed by atoms with van der Waals surface area (Å²) in [5.41, 5.74) is 10.3. The Morgan fingerprint density at radius 3 is 3.17 bits per heavy atom. The third kappa shape index (κ3) is 2.30. The van der Waals surface area contributed by atoms with E-state index in [-0.39, 0.29) is 6.04 Å². The predicted molar refractivity (Wildman–Crippen MR) is 40.3 cm³/mol. The minimum atomic E-state index is -1.09. The van der Waals surface area contributed by atoms with Crippen molar-refractivity contribution < 1.29 is 9.90 Å². The van der Waals surface area contributed by atoms with Crippen LogP contribution in [0.25, 0.3) is 10.4 Å². The average molecular weight is 171 g/mol. The summed E-state index contributed by atoms with van der Waals surface area (Å²) in [6, 6.07) is -0.109. The van der Waals surface area contributed by atoms with Crippen molar-refractivity contribution in [3.05, 3.63) is 10.4 Å². The van der Waals surface area contributed by atoms with Crippen molar-refractivity contribution in [2.75, 3.05) is 13.1 Å². The van der Waals surface area contributed by atoms with Crippen molar-refractivity contribution in [2.24, 2.45) is 5.11 Å². The molecule has 12 heavy (non-hydrogen) atoms. The first kappa shape index (κ1) is 8.63. The molecule has 1 heterocycles. The zero-order chi connectivity index (χ0) is 8.97. The van der Waals surface area contributed by atoms with Gasteiger partial charge >= 0.3 is 6.09 Å². The molecule has 0 aromatic rings. The molecule has 66 valence electrons. The Morgan fingerprint density at radius 2 is 2.58 bits per heavy atom. The Kier molecular flexibility index (Phi) is 2.73. The molecule has 1 aliphatic rings. The molecular formula is C5H9N5O2. The maximum atomic E-state index is 10.2.